The first-order valence-electron chi connectivity index (χ1n) is 5.16. The van der Waals surface area contributed by atoms with E-state index in [1.54, 1.807) is 6.20 Å². The average molecular weight is 227 g/mol. The Bertz CT molecular complexity index is 352. The van der Waals surface area contributed by atoms with Crippen LogP contribution in [0, 0.1) is 0 Å². The molecule has 1 aromatic rings. The summed E-state index contributed by atoms with van der Waals surface area (Å²) >= 11 is 6.00. The standard InChI is InChI=1S/C11H15ClN2O/c1-8(14-11(7-15)4-5-11)9-3-2-6-13-10(9)12/h2-3,6,8,14-15H,4-5,7H2,1H3. The molecule has 0 amide bonds. The summed E-state index contributed by atoms with van der Waals surface area (Å²) in [6.07, 6.45) is 3.74. The van der Waals surface area contributed by atoms with E-state index in [1.165, 1.54) is 0 Å². The number of halogens is 1. The average Bonchev–Trinajstić information content (AvgIpc) is 2.99. The summed E-state index contributed by atoms with van der Waals surface area (Å²) in [6, 6.07) is 3.96. The number of hydrogen-bond donors (Lipinski definition) is 2. The summed E-state index contributed by atoms with van der Waals surface area (Å²) in [5, 5.41) is 13.1. The Morgan fingerprint density at radius 1 is 1.67 bits per heavy atom. The van der Waals surface area contributed by atoms with Crippen LogP contribution in [0.2, 0.25) is 5.15 Å². The minimum absolute atomic E-state index is 0.0708. The first kappa shape index (κ1) is 10.9. The van der Waals surface area contributed by atoms with E-state index in [9.17, 15) is 5.11 Å². The zero-order chi connectivity index (χ0) is 10.9. The van der Waals surface area contributed by atoms with Crippen LogP contribution in [0.1, 0.15) is 31.4 Å². The molecule has 0 radical (unpaired) electrons. The van der Waals surface area contributed by atoms with Crippen molar-refractivity contribution in [2.75, 3.05) is 6.61 Å². The lowest BCUT2D eigenvalue weighted by atomic mass is 10.1. The number of nitrogens with one attached hydrogen (secondary N) is 1. The number of rotatable bonds is 4. The van der Waals surface area contributed by atoms with Gasteiger partial charge in [-0.2, -0.15) is 0 Å². The van der Waals surface area contributed by atoms with Gasteiger partial charge in [-0.3, -0.25) is 0 Å². The molecule has 15 heavy (non-hydrogen) atoms. The predicted molar refractivity (Wildman–Crippen MR) is 59.8 cm³/mol. The Morgan fingerprint density at radius 2 is 2.40 bits per heavy atom. The van der Waals surface area contributed by atoms with Crippen LogP contribution in [0.4, 0.5) is 0 Å². The van der Waals surface area contributed by atoms with Gasteiger partial charge in [0.05, 0.1) is 6.61 Å². The second kappa shape index (κ2) is 4.08. The molecule has 1 unspecified atom stereocenters. The van der Waals surface area contributed by atoms with Crippen molar-refractivity contribution in [2.24, 2.45) is 0 Å². The van der Waals surface area contributed by atoms with Crippen LogP contribution in [-0.4, -0.2) is 22.2 Å². The fourth-order valence-corrected chi connectivity index (χ4v) is 2.04. The van der Waals surface area contributed by atoms with Gasteiger partial charge in [-0.05, 0) is 25.8 Å². The number of pyridine rings is 1. The Kier molecular flexibility index (Phi) is 2.96. The van der Waals surface area contributed by atoms with Gasteiger partial charge in [0, 0.05) is 23.3 Å². The Labute approximate surface area is 94.5 Å². The highest BCUT2D eigenvalue weighted by Gasteiger charge is 2.42. The maximum atomic E-state index is 9.21. The number of hydrogen-bond acceptors (Lipinski definition) is 3. The molecule has 0 aliphatic heterocycles. The molecule has 1 heterocycles. The molecule has 0 bridgehead atoms. The summed E-state index contributed by atoms with van der Waals surface area (Å²) in [7, 11) is 0. The van der Waals surface area contributed by atoms with E-state index in [4.69, 9.17) is 11.6 Å². The number of aliphatic hydroxyl groups excluding tert-OH is 1. The molecular weight excluding hydrogens is 212 g/mol. The molecular formula is C11H15ClN2O. The maximum absolute atomic E-state index is 9.21. The quantitative estimate of drug-likeness (QED) is 0.771. The van der Waals surface area contributed by atoms with Crippen LogP contribution < -0.4 is 5.32 Å². The van der Waals surface area contributed by atoms with Crippen molar-refractivity contribution in [1.29, 1.82) is 0 Å². The molecule has 1 atom stereocenters. The SMILES string of the molecule is CC(NC1(CO)CC1)c1cccnc1Cl. The van der Waals surface area contributed by atoms with E-state index >= 15 is 0 Å². The molecule has 2 N–H and O–H groups in total. The monoisotopic (exact) mass is 226 g/mol. The Hall–Kier alpha value is -0.640. The first-order valence-corrected chi connectivity index (χ1v) is 5.54. The second-order valence-corrected chi connectivity index (χ2v) is 4.55. The van der Waals surface area contributed by atoms with Crippen molar-refractivity contribution in [3.8, 4) is 0 Å². The van der Waals surface area contributed by atoms with E-state index < -0.39 is 0 Å². The van der Waals surface area contributed by atoms with Crippen LogP contribution in [0.5, 0.6) is 0 Å². The summed E-state index contributed by atoms with van der Waals surface area (Å²) in [5.41, 5.74) is 0.914. The molecule has 0 saturated heterocycles. The maximum Gasteiger partial charge on any atom is 0.133 e. The van der Waals surface area contributed by atoms with Crippen molar-refractivity contribution >= 4 is 11.6 Å². The van der Waals surface area contributed by atoms with E-state index in [0.717, 1.165) is 18.4 Å². The van der Waals surface area contributed by atoms with Gasteiger partial charge in [0.2, 0.25) is 0 Å². The number of nitrogens with zero attached hydrogens (tertiary/aromatic N) is 1. The Morgan fingerprint density at radius 3 is 2.93 bits per heavy atom. The van der Waals surface area contributed by atoms with Crippen LogP contribution in [0.3, 0.4) is 0 Å². The molecule has 1 aliphatic rings. The zero-order valence-corrected chi connectivity index (χ0v) is 9.46. The highest BCUT2D eigenvalue weighted by atomic mass is 35.5. The van der Waals surface area contributed by atoms with Crippen molar-refractivity contribution in [3.63, 3.8) is 0 Å². The van der Waals surface area contributed by atoms with Gasteiger partial charge in [-0.15, -0.1) is 0 Å². The predicted octanol–water partition coefficient (Wildman–Crippen LogP) is 1.91. The van der Waals surface area contributed by atoms with Gasteiger partial charge in [0.25, 0.3) is 0 Å². The lowest BCUT2D eigenvalue weighted by Gasteiger charge is -2.21. The topological polar surface area (TPSA) is 45.1 Å². The highest BCUT2D eigenvalue weighted by molar-refractivity contribution is 6.30. The summed E-state index contributed by atoms with van der Waals surface area (Å²) in [4.78, 5) is 4.04. The van der Waals surface area contributed by atoms with Crippen molar-refractivity contribution < 1.29 is 5.11 Å². The minimum atomic E-state index is -0.0708. The summed E-state index contributed by atoms with van der Waals surface area (Å²) in [6.45, 7) is 2.23. The number of aromatic nitrogens is 1. The molecule has 1 saturated carbocycles. The molecule has 82 valence electrons. The fraction of sp³-hybridized carbons (Fsp3) is 0.545. The molecule has 1 aromatic heterocycles. The molecule has 1 aliphatic carbocycles. The van der Waals surface area contributed by atoms with Gasteiger partial charge in [-0.1, -0.05) is 17.7 Å². The third-order valence-electron chi connectivity index (χ3n) is 2.93. The lowest BCUT2D eigenvalue weighted by Crippen LogP contribution is -2.36. The van der Waals surface area contributed by atoms with Crippen LogP contribution in [0.25, 0.3) is 0 Å². The lowest BCUT2D eigenvalue weighted by molar-refractivity contribution is 0.221. The van der Waals surface area contributed by atoms with Gasteiger partial charge in [0.15, 0.2) is 0 Å². The van der Waals surface area contributed by atoms with E-state index in [-0.39, 0.29) is 18.2 Å². The fourth-order valence-electron chi connectivity index (χ4n) is 1.76. The van der Waals surface area contributed by atoms with Crippen molar-refractivity contribution in [3.05, 3.63) is 29.0 Å². The molecule has 0 aromatic carbocycles. The summed E-state index contributed by atoms with van der Waals surface area (Å²) < 4.78 is 0. The molecule has 2 rings (SSSR count). The van der Waals surface area contributed by atoms with Gasteiger partial charge < -0.3 is 10.4 Å². The smallest absolute Gasteiger partial charge is 0.133 e. The van der Waals surface area contributed by atoms with E-state index in [0.29, 0.717) is 5.15 Å². The third kappa shape index (κ3) is 2.30. The van der Waals surface area contributed by atoms with Crippen molar-refractivity contribution in [2.45, 2.75) is 31.3 Å². The Balaban J connectivity index is 2.08. The first-order chi connectivity index (χ1) is 7.17. The van der Waals surface area contributed by atoms with E-state index in [2.05, 4.69) is 10.3 Å². The molecule has 4 heteroatoms. The van der Waals surface area contributed by atoms with Crippen LogP contribution in [0.15, 0.2) is 18.3 Å². The van der Waals surface area contributed by atoms with Crippen LogP contribution >= 0.6 is 11.6 Å². The molecule has 1 fully saturated rings. The zero-order valence-electron chi connectivity index (χ0n) is 8.70. The third-order valence-corrected chi connectivity index (χ3v) is 3.25. The van der Waals surface area contributed by atoms with E-state index in [1.807, 2.05) is 19.1 Å². The van der Waals surface area contributed by atoms with Crippen molar-refractivity contribution in [1.82, 2.24) is 10.3 Å². The number of aliphatic hydroxyl groups is 1. The second-order valence-electron chi connectivity index (χ2n) is 4.19. The van der Waals surface area contributed by atoms with Gasteiger partial charge >= 0.3 is 0 Å². The minimum Gasteiger partial charge on any atom is -0.394 e. The highest BCUT2D eigenvalue weighted by Crippen LogP contribution is 2.37. The summed E-state index contributed by atoms with van der Waals surface area (Å²) in [5.74, 6) is 0. The normalized spacial score (nSPS) is 19.9. The van der Waals surface area contributed by atoms with Crippen LogP contribution in [-0.2, 0) is 0 Å². The largest absolute Gasteiger partial charge is 0.394 e. The molecule has 3 nitrogen and oxygen atoms in total. The van der Waals surface area contributed by atoms with Gasteiger partial charge in [-0.25, -0.2) is 4.98 Å². The van der Waals surface area contributed by atoms with Gasteiger partial charge in [0.1, 0.15) is 5.15 Å². The molecule has 0 spiro atoms.